The van der Waals surface area contributed by atoms with Gasteiger partial charge in [0, 0.05) is 67.5 Å². The van der Waals surface area contributed by atoms with Gasteiger partial charge in [0.15, 0.2) is 22.8 Å². The highest BCUT2D eigenvalue weighted by Crippen LogP contribution is 2.60. The maximum Gasteiger partial charge on any atom is 0.332 e. The van der Waals surface area contributed by atoms with Crippen LogP contribution in [0.25, 0.3) is 44.2 Å². The molecule has 2 heterocycles. The van der Waals surface area contributed by atoms with E-state index < -0.39 is 28.7 Å². The molecule has 8 rings (SSSR count). The van der Waals surface area contributed by atoms with E-state index in [1.165, 1.54) is 39.0 Å². The van der Waals surface area contributed by atoms with Crippen LogP contribution in [0.5, 0.6) is 17.2 Å². The number of phenols is 1. The van der Waals surface area contributed by atoms with Gasteiger partial charge in [0.1, 0.15) is 17.3 Å². The highest BCUT2D eigenvalue weighted by molar-refractivity contribution is 7.99. The Morgan fingerprint density at radius 1 is 0.939 bits per heavy atom. The molecule has 4 aromatic rings. The van der Waals surface area contributed by atoms with Crippen molar-refractivity contribution in [2.24, 2.45) is 4.99 Å². The number of fused-ring (bicyclic) bond motifs is 6. The molecule has 4 N–H and O–H groups in total. The van der Waals surface area contributed by atoms with Crippen LogP contribution < -0.4 is 25.5 Å². The zero-order valence-electron chi connectivity index (χ0n) is 28.3. The first-order valence-electron chi connectivity index (χ1n) is 15.9. The van der Waals surface area contributed by atoms with E-state index in [1.54, 1.807) is 14.0 Å². The van der Waals surface area contributed by atoms with Gasteiger partial charge in [-0.15, -0.1) is 11.8 Å². The molecule has 4 aromatic carbocycles. The molecular formula is C37H35N3O8S. The van der Waals surface area contributed by atoms with Gasteiger partial charge < -0.3 is 35.1 Å². The Labute approximate surface area is 285 Å². The highest BCUT2D eigenvalue weighted by Gasteiger charge is 2.43. The van der Waals surface area contributed by atoms with E-state index in [9.17, 15) is 24.6 Å². The number of hydrogen-bond donors (Lipinski definition) is 4. The Morgan fingerprint density at radius 2 is 1.65 bits per heavy atom. The fraction of sp³-hybridized carbons (Fsp3) is 0.351. The van der Waals surface area contributed by atoms with Crippen LogP contribution in [0.3, 0.4) is 0 Å². The number of rotatable bonds is 5. The minimum absolute atomic E-state index is 0.0395. The van der Waals surface area contributed by atoms with Gasteiger partial charge in [-0.25, -0.2) is 4.79 Å². The molecule has 0 fully saturated rings. The van der Waals surface area contributed by atoms with Gasteiger partial charge in [0.2, 0.25) is 0 Å². The maximum atomic E-state index is 14.0. The van der Waals surface area contributed by atoms with Crippen LogP contribution in [0.15, 0.2) is 21.5 Å². The molecule has 252 valence electrons. The number of thioether (sulfide) groups is 1. The second-order valence-corrected chi connectivity index (χ2v) is 15.0. The number of carboxylic acids is 1. The molecule has 12 heteroatoms. The molecule has 11 nitrogen and oxygen atoms in total. The van der Waals surface area contributed by atoms with Crippen LogP contribution in [0, 0.1) is 0 Å². The summed E-state index contributed by atoms with van der Waals surface area (Å²) in [5, 5.41) is 33.8. The van der Waals surface area contributed by atoms with E-state index in [4.69, 9.17) is 19.2 Å². The summed E-state index contributed by atoms with van der Waals surface area (Å²) in [6.07, 6.45) is 3.34. The van der Waals surface area contributed by atoms with E-state index in [2.05, 4.69) is 24.5 Å². The second-order valence-electron chi connectivity index (χ2n) is 14.0. The summed E-state index contributed by atoms with van der Waals surface area (Å²) in [7, 11) is 4.45. The average molecular weight is 682 g/mol. The number of phenolic OH excluding ortho intramolecular Hbond substituents is 1. The zero-order valence-corrected chi connectivity index (χ0v) is 29.2. The van der Waals surface area contributed by atoms with Gasteiger partial charge in [0.05, 0.1) is 54.4 Å². The standard InChI is InChI=1S/C37H35N3O8S/c1-13-9-15-19-22-24-20(31(43)32(47-7)25(22)18(13)14(2)41)16(42)10-17(46-6)21(24)26-23(19)27(29-28(15)39-36(3,4)11-38-29)30-34(33(26)48-8)49-12-37(5,40-30)35(44)45/h9-10,18,38-39,43H,11-12H2,1-8H3,(H,44,45). The Kier molecular flexibility index (Phi) is 6.41. The normalized spacial score (nSPS) is 21.6. The first kappa shape index (κ1) is 31.3. The maximum absolute atomic E-state index is 14.0. The van der Waals surface area contributed by atoms with E-state index in [0.717, 1.165) is 22.5 Å². The molecule has 2 atom stereocenters. The lowest BCUT2D eigenvalue weighted by Gasteiger charge is -2.38. The molecule has 0 radical (unpaired) electrons. The van der Waals surface area contributed by atoms with E-state index in [1.807, 2.05) is 13.0 Å². The lowest BCUT2D eigenvalue weighted by molar-refractivity contribution is -0.141. The smallest absolute Gasteiger partial charge is 0.332 e. The minimum Gasteiger partial charge on any atom is -0.504 e. The number of Topliss-reactive ketones (excluding diaryl/α,β-unsaturated/α-hetero) is 1. The third kappa shape index (κ3) is 3.86. The molecule has 0 aromatic heterocycles. The number of aliphatic carboxylic acids is 1. The lowest BCUT2D eigenvalue weighted by atomic mass is 9.77. The van der Waals surface area contributed by atoms with Crippen molar-refractivity contribution in [2.45, 2.75) is 56.5 Å². The van der Waals surface area contributed by atoms with Gasteiger partial charge in [-0.1, -0.05) is 11.6 Å². The third-order valence-corrected chi connectivity index (χ3v) is 11.7. The zero-order chi connectivity index (χ0) is 35.1. The molecule has 2 aliphatic carbocycles. The molecule has 0 bridgehead atoms. The van der Waals surface area contributed by atoms with Gasteiger partial charge in [-0.2, -0.15) is 0 Å². The van der Waals surface area contributed by atoms with E-state index in [0.29, 0.717) is 66.0 Å². The van der Waals surface area contributed by atoms with Crippen molar-refractivity contribution in [3.8, 4) is 17.2 Å². The number of hydrogen-bond acceptors (Lipinski definition) is 11. The molecule has 0 saturated carbocycles. The molecule has 2 unspecified atom stereocenters. The van der Waals surface area contributed by atoms with Crippen molar-refractivity contribution in [1.29, 1.82) is 0 Å². The third-order valence-electron chi connectivity index (χ3n) is 10.3. The Hall–Kier alpha value is -4.97. The number of carbonyl (C=O) groups excluding carboxylic acids is 2. The molecule has 49 heavy (non-hydrogen) atoms. The SMILES string of the molecule is COC1=CC(=O)c2c(O)c(OC)c3c4c2c1c1c(OC)c2c(c5c6c(c(c4c15)C=C(C)C3C(C)=O)NC(C)(C)CN6)=NC(C)(C(=O)O)CS2. The van der Waals surface area contributed by atoms with E-state index in [-0.39, 0.29) is 34.4 Å². The van der Waals surface area contributed by atoms with Crippen molar-refractivity contribution >= 4 is 84.8 Å². The van der Waals surface area contributed by atoms with Crippen LogP contribution >= 0.6 is 11.8 Å². The summed E-state index contributed by atoms with van der Waals surface area (Å²) in [6, 6.07) is 0. The van der Waals surface area contributed by atoms with Gasteiger partial charge in [-0.3, -0.25) is 14.6 Å². The number of methoxy groups -OCH3 is 3. The molecule has 2 aliphatic heterocycles. The van der Waals surface area contributed by atoms with Gasteiger partial charge in [0.25, 0.3) is 0 Å². The quantitative estimate of drug-likeness (QED) is 0.144. The summed E-state index contributed by atoms with van der Waals surface area (Å²) in [5.41, 5.74) is 2.15. The number of anilines is 2. The van der Waals surface area contributed by atoms with Gasteiger partial charge >= 0.3 is 5.97 Å². The lowest BCUT2D eigenvalue weighted by Crippen LogP contribution is -2.43. The number of carbonyl (C=O) groups is 3. The van der Waals surface area contributed by atoms with E-state index >= 15 is 0 Å². The number of carboxylic acid groups (broad SMARTS) is 1. The average Bonchev–Trinajstić information content (AvgIpc) is 3.17. The topological polar surface area (TPSA) is 156 Å². The van der Waals surface area contributed by atoms with Crippen LogP contribution in [-0.4, -0.2) is 72.5 Å². The first-order valence-corrected chi connectivity index (χ1v) is 16.9. The molecule has 0 saturated heterocycles. The molecule has 0 spiro atoms. The largest absolute Gasteiger partial charge is 0.504 e. The Balaban J connectivity index is 1.82. The number of ether oxygens (including phenoxy) is 3. The van der Waals surface area contributed by atoms with Crippen LogP contribution in [0.4, 0.5) is 11.4 Å². The highest BCUT2D eigenvalue weighted by atomic mass is 32.2. The van der Waals surface area contributed by atoms with Crippen molar-refractivity contribution in [1.82, 2.24) is 0 Å². The number of allylic oxidation sites excluding steroid dienone is 2. The molecular weight excluding hydrogens is 646 g/mol. The Bertz CT molecular complexity index is 2430. The van der Waals surface area contributed by atoms with Crippen LogP contribution in [0.2, 0.25) is 0 Å². The van der Waals surface area contributed by atoms with Crippen LogP contribution in [0.1, 0.15) is 67.6 Å². The van der Waals surface area contributed by atoms with Crippen LogP contribution in [-0.2, 0) is 14.3 Å². The first-order chi connectivity index (χ1) is 23.2. The summed E-state index contributed by atoms with van der Waals surface area (Å²) in [4.78, 5) is 45.9. The summed E-state index contributed by atoms with van der Waals surface area (Å²) in [6.45, 7) is 9.69. The minimum atomic E-state index is -1.42. The summed E-state index contributed by atoms with van der Waals surface area (Å²) in [5.74, 6) is -1.95. The number of nitrogens with zero attached hydrogens (tertiary/aromatic N) is 1. The number of ketones is 2. The Morgan fingerprint density at radius 3 is 2.29 bits per heavy atom. The summed E-state index contributed by atoms with van der Waals surface area (Å²) >= 11 is 1.35. The van der Waals surface area contributed by atoms with Crippen molar-refractivity contribution in [3.63, 3.8) is 0 Å². The fourth-order valence-corrected chi connectivity index (χ4v) is 9.42. The fourth-order valence-electron chi connectivity index (χ4n) is 8.20. The number of aromatic hydroxyl groups is 1. The second kappa shape index (κ2) is 10.0. The van der Waals surface area contributed by atoms with Gasteiger partial charge in [-0.05, 0) is 40.0 Å². The summed E-state index contributed by atoms with van der Waals surface area (Å²) < 4.78 is 18.1. The molecule has 0 amide bonds. The molecule has 4 aliphatic rings. The number of benzene rings is 4. The van der Waals surface area contributed by atoms with Crippen molar-refractivity contribution in [2.75, 3.05) is 44.3 Å². The predicted octanol–water partition coefficient (Wildman–Crippen LogP) is 6.05. The number of nitrogens with one attached hydrogen (secondary N) is 2. The monoisotopic (exact) mass is 681 g/mol. The van der Waals surface area contributed by atoms with Crippen molar-refractivity contribution < 1.29 is 38.8 Å². The van der Waals surface area contributed by atoms with Crippen molar-refractivity contribution in [3.05, 3.63) is 39.3 Å². The predicted molar refractivity (Wildman–Crippen MR) is 190 cm³/mol.